The highest BCUT2D eigenvalue weighted by Crippen LogP contribution is 2.19. The number of allylic oxidation sites excluding steroid dienone is 1. The van der Waals surface area contributed by atoms with Gasteiger partial charge in [0.2, 0.25) is 0 Å². The summed E-state index contributed by atoms with van der Waals surface area (Å²) in [5.74, 6) is -4.43. The van der Waals surface area contributed by atoms with Gasteiger partial charge in [0.15, 0.2) is 12.6 Å². The molecule has 10 heteroatoms. The van der Waals surface area contributed by atoms with Crippen molar-refractivity contribution < 1.29 is 47.3 Å². The number of carbonyl (C=O) groups excluding carboxylic acids is 5. The van der Waals surface area contributed by atoms with E-state index in [4.69, 9.17) is 9.47 Å². The van der Waals surface area contributed by atoms with E-state index in [1.54, 1.807) is 13.8 Å². The standard InChI is InChI=1S/2C14H15FO4/c2*1-3-19-14(18)12(9(2)17)7-10-5-4-6-11(8-16)13(10)15/h4-6,8,17H,3,7H2,1-2H3;4-6,8,12H,3,7H2,1-2H3/b12-9-;. The lowest BCUT2D eigenvalue weighted by molar-refractivity contribution is -0.151. The number of rotatable bonds is 11. The van der Waals surface area contributed by atoms with Gasteiger partial charge in [0.05, 0.1) is 35.7 Å². The number of hydrogen-bond acceptors (Lipinski definition) is 8. The van der Waals surface area contributed by atoms with Crippen LogP contribution in [0, 0.1) is 17.6 Å². The van der Waals surface area contributed by atoms with E-state index >= 15 is 0 Å². The highest BCUT2D eigenvalue weighted by molar-refractivity contribution is 5.98. The topological polar surface area (TPSA) is 124 Å². The van der Waals surface area contributed by atoms with Crippen LogP contribution in [0.25, 0.3) is 0 Å². The minimum absolute atomic E-state index is 0.0243. The van der Waals surface area contributed by atoms with E-state index in [1.807, 2.05) is 0 Å². The van der Waals surface area contributed by atoms with Crippen LogP contribution in [0.3, 0.4) is 0 Å². The maximum atomic E-state index is 13.9. The van der Waals surface area contributed by atoms with Gasteiger partial charge >= 0.3 is 11.9 Å². The second-order valence-corrected chi connectivity index (χ2v) is 7.96. The monoisotopic (exact) mass is 532 g/mol. The van der Waals surface area contributed by atoms with Crippen LogP contribution in [0.5, 0.6) is 0 Å². The first-order valence-corrected chi connectivity index (χ1v) is 11.7. The van der Waals surface area contributed by atoms with Gasteiger partial charge in [-0.25, -0.2) is 13.6 Å². The largest absolute Gasteiger partial charge is 0.512 e. The average molecular weight is 533 g/mol. The van der Waals surface area contributed by atoms with E-state index < -0.39 is 35.3 Å². The molecule has 38 heavy (non-hydrogen) atoms. The zero-order valence-electron chi connectivity index (χ0n) is 21.6. The fourth-order valence-electron chi connectivity index (χ4n) is 3.29. The molecule has 0 spiro atoms. The highest BCUT2D eigenvalue weighted by Gasteiger charge is 2.26. The summed E-state index contributed by atoms with van der Waals surface area (Å²) in [6.07, 6.45) is 0.556. The van der Waals surface area contributed by atoms with Crippen molar-refractivity contribution in [3.63, 3.8) is 0 Å². The molecule has 204 valence electrons. The third kappa shape index (κ3) is 9.02. The molecule has 0 saturated carbocycles. The SMILES string of the molecule is CCOC(=O)/C(Cc1cccc(C=O)c1F)=C(/C)O.CCOC(=O)C(Cc1cccc(C=O)c1F)C(C)=O. The maximum absolute atomic E-state index is 13.9. The van der Waals surface area contributed by atoms with Gasteiger partial charge in [0.1, 0.15) is 23.3 Å². The first-order valence-electron chi connectivity index (χ1n) is 11.7. The summed E-state index contributed by atoms with van der Waals surface area (Å²) in [5.41, 5.74) is 0.0997. The van der Waals surface area contributed by atoms with Crippen molar-refractivity contribution in [1.29, 1.82) is 0 Å². The molecule has 8 nitrogen and oxygen atoms in total. The van der Waals surface area contributed by atoms with E-state index in [-0.39, 0.29) is 59.6 Å². The second kappa shape index (κ2) is 15.8. The number of esters is 2. The van der Waals surface area contributed by atoms with Crippen LogP contribution < -0.4 is 0 Å². The van der Waals surface area contributed by atoms with Crippen LogP contribution in [0.1, 0.15) is 59.5 Å². The van der Waals surface area contributed by atoms with Gasteiger partial charge in [0, 0.05) is 6.42 Å². The van der Waals surface area contributed by atoms with Crippen molar-refractivity contribution in [1.82, 2.24) is 0 Å². The fourth-order valence-corrected chi connectivity index (χ4v) is 3.29. The van der Waals surface area contributed by atoms with Gasteiger partial charge < -0.3 is 14.6 Å². The quantitative estimate of drug-likeness (QED) is 0.147. The van der Waals surface area contributed by atoms with Gasteiger partial charge in [-0.3, -0.25) is 19.2 Å². The van der Waals surface area contributed by atoms with E-state index in [9.17, 15) is 37.9 Å². The molecule has 0 radical (unpaired) electrons. The lowest BCUT2D eigenvalue weighted by Gasteiger charge is -2.13. The third-order valence-electron chi connectivity index (χ3n) is 5.28. The van der Waals surface area contributed by atoms with E-state index in [0.717, 1.165) is 0 Å². The van der Waals surface area contributed by atoms with Crippen LogP contribution >= 0.6 is 0 Å². The van der Waals surface area contributed by atoms with Crippen molar-refractivity contribution in [2.24, 2.45) is 5.92 Å². The predicted molar refractivity (Wildman–Crippen MR) is 134 cm³/mol. The summed E-state index contributed by atoms with van der Waals surface area (Å²) in [5, 5.41) is 9.47. The zero-order valence-corrected chi connectivity index (χ0v) is 21.6. The Labute approximate surface area is 219 Å². The zero-order chi connectivity index (χ0) is 28.8. The minimum Gasteiger partial charge on any atom is -0.512 e. The van der Waals surface area contributed by atoms with Crippen molar-refractivity contribution in [2.75, 3.05) is 13.2 Å². The first-order chi connectivity index (χ1) is 18.0. The van der Waals surface area contributed by atoms with Crippen LogP contribution in [-0.2, 0) is 36.7 Å². The average Bonchev–Trinajstić information content (AvgIpc) is 2.87. The number of benzene rings is 2. The van der Waals surface area contributed by atoms with Crippen LogP contribution in [-0.4, -0.2) is 48.6 Å². The summed E-state index contributed by atoms with van der Waals surface area (Å²) in [4.78, 5) is 56.0. The normalized spacial score (nSPS) is 11.7. The Hall–Kier alpha value is -4.21. The molecule has 1 atom stereocenters. The molecule has 0 aliphatic rings. The van der Waals surface area contributed by atoms with Crippen molar-refractivity contribution in [3.8, 4) is 0 Å². The molecule has 0 amide bonds. The molecule has 0 aromatic heterocycles. The molecule has 0 bridgehead atoms. The van der Waals surface area contributed by atoms with Gasteiger partial charge in [0.25, 0.3) is 0 Å². The van der Waals surface area contributed by atoms with E-state index in [0.29, 0.717) is 12.6 Å². The molecule has 2 aromatic carbocycles. The number of aliphatic hydroxyl groups is 1. The lowest BCUT2D eigenvalue weighted by atomic mass is 9.94. The number of aldehydes is 2. The summed E-state index contributed by atoms with van der Waals surface area (Å²) in [6.45, 7) is 6.15. The lowest BCUT2D eigenvalue weighted by Crippen LogP contribution is -2.27. The Kier molecular flexibility index (Phi) is 13.2. The molecular weight excluding hydrogens is 502 g/mol. The molecule has 1 unspecified atom stereocenters. The van der Waals surface area contributed by atoms with Gasteiger partial charge in [-0.05, 0) is 57.4 Å². The maximum Gasteiger partial charge on any atom is 0.337 e. The number of ketones is 1. The van der Waals surface area contributed by atoms with Crippen molar-refractivity contribution in [2.45, 2.75) is 40.5 Å². The second-order valence-electron chi connectivity index (χ2n) is 7.96. The Bertz CT molecular complexity index is 1200. The Morgan fingerprint density at radius 2 is 1.37 bits per heavy atom. The molecule has 1 N–H and O–H groups in total. The number of carbonyl (C=O) groups is 5. The number of halogens is 2. The van der Waals surface area contributed by atoms with Crippen LogP contribution in [0.4, 0.5) is 8.78 Å². The van der Waals surface area contributed by atoms with Gasteiger partial charge in [-0.15, -0.1) is 0 Å². The number of Topliss-reactive ketones (excluding diaryl/α,β-unsaturated/α-hetero) is 1. The molecule has 0 fully saturated rings. The third-order valence-corrected chi connectivity index (χ3v) is 5.28. The predicted octanol–water partition coefficient (Wildman–Crippen LogP) is 4.52. The van der Waals surface area contributed by atoms with E-state index in [1.165, 1.54) is 50.2 Å². The van der Waals surface area contributed by atoms with Crippen LogP contribution in [0.2, 0.25) is 0 Å². The van der Waals surface area contributed by atoms with E-state index in [2.05, 4.69) is 0 Å². The molecule has 2 aromatic rings. The van der Waals surface area contributed by atoms with Crippen molar-refractivity contribution in [3.05, 3.63) is 81.6 Å². The summed E-state index contributed by atoms with van der Waals surface area (Å²) in [7, 11) is 0. The number of hydrogen-bond donors (Lipinski definition) is 1. The highest BCUT2D eigenvalue weighted by atomic mass is 19.1. The Balaban J connectivity index is 0.000000380. The fraction of sp³-hybridized carbons (Fsp3) is 0.321. The Morgan fingerprint density at radius 3 is 1.82 bits per heavy atom. The smallest absolute Gasteiger partial charge is 0.337 e. The van der Waals surface area contributed by atoms with Gasteiger partial charge in [-0.1, -0.05) is 24.3 Å². The Morgan fingerprint density at radius 1 is 0.868 bits per heavy atom. The summed E-state index contributed by atoms with van der Waals surface area (Å²) in [6, 6.07) is 8.58. The molecule has 0 aliphatic carbocycles. The molecule has 2 rings (SSSR count). The van der Waals surface area contributed by atoms with Crippen LogP contribution in [0.15, 0.2) is 47.7 Å². The summed E-state index contributed by atoms with van der Waals surface area (Å²) < 4.78 is 37.3. The molecule has 0 aliphatic heterocycles. The molecular formula is C28H30F2O8. The van der Waals surface area contributed by atoms with Crippen molar-refractivity contribution >= 4 is 30.3 Å². The molecule has 0 saturated heterocycles. The molecule has 0 heterocycles. The number of aliphatic hydroxyl groups excluding tert-OH is 1. The minimum atomic E-state index is -1.05. The first kappa shape index (κ1) is 31.8. The summed E-state index contributed by atoms with van der Waals surface area (Å²) >= 11 is 0. The number of ether oxygens (including phenoxy) is 2. The van der Waals surface area contributed by atoms with Gasteiger partial charge in [-0.2, -0.15) is 0 Å².